The fraction of sp³-hybridized carbons (Fsp3) is 0.385. The van der Waals surface area contributed by atoms with E-state index in [1.165, 1.54) is 41.7 Å². The summed E-state index contributed by atoms with van der Waals surface area (Å²) in [7, 11) is 0. The van der Waals surface area contributed by atoms with E-state index in [4.69, 9.17) is 0 Å². The van der Waals surface area contributed by atoms with Crippen molar-refractivity contribution in [2.75, 3.05) is 11.7 Å². The summed E-state index contributed by atoms with van der Waals surface area (Å²) in [5.41, 5.74) is 2.32. The number of carbonyl (C=O) groups excluding carboxylic acids is 1. The first-order chi connectivity index (χ1) is 17.0. The van der Waals surface area contributed by atoms with E-state index in [2.05, 4.69) is 0 Å². The van der Waals surface area contributed by atoms with Crippen molar-refractivity contribution < 1.29 is 22.4 Å². The minimum Gasteiger partial charge on any atom is -0.306 e. The summed E-state index contributed by atoms with van der Waals surface area (Å²) in [6.07, 6.45) is -1.30. The van der Waals surface area contributed by atoms with Crippen LogP contribution in [0.5, 0.6) is 0 Å². The minimum absolute atomic E-state index is 0.0833. The Labute approximate surface area is 210 Å². The Morgan fingerprint density at radius 1 is 1.14 bits per heavy atom. The van der Waals surface area contributed by atoms with Gasteiger partial charge in [-0.05, 0) is 43.0 Å². The third kappa shape index (κ3) is 3.95. The van der Waals surface area contributed by atoms with Gasteiger partial charge < -0.3 is 4.90 Å². The van der Waals surface area contributed by atoms with Gasteiger partial charge in [0, 0.05) is 34.4 Å². The molecule has 190 valence electrons. The van der Waals surface area contributed by atoms with Crippen molar-refractivity contribution in [3.05, 3.63) is 91.5 Å². The summed E-state index contributed by atoms with van der Waals surface area (Å²) in [4.78, 5) is 27.3. The number of amides is 1. The topological polar surface area (TPSA) is 45.6 Å². The molecule has 5 nitrogen and oxygen atoms in total. The molecule has 1 aromatic heterocycles. The maximum Gasteiger partial charge on any atom is 0.408 e. The number of alkyl halides is 3. The van der Waals surface area contributed by atoms with Crippen LogP contribution in [0, 0.1) is 12.8 Å². The summed E-state index contributed by atoms with van der Waals surface area (Å²) in [6, 6.07) is 6.34. The Balaban J connectivity index is 1.77. The Hall–Kier alpha value is -3.01. The van der Waals surface area contributed by atoms with Crippen LogP contribution in [0.1, 0.15) is 53.5 Å². The molecule has 1 amide bonds. The van der Waals surface area contributed by atoms with Crippen LogP contribution in [0.15, 0.2) is 63.7 Å². The number of nitrogens with zero attached hydrogens (tertiary/aromatic N) is 3. The molecule has 5 rings (SSSR count). The summed E-state index contributed by atoms with van der Waals surface area (Å²) >= 11 is 1.50. The molecule has 36 heavy (non-hydrogen) atoms. The number of halogens is 4. The Morgan fingerprint density at radius 2 is 1.86 bits per heavy atom. The molecule has 1 aliphatic carbocycles. The first-order valence-corrected chi connectivity index (χ1v) is 12.6. The fourth-order valence-corrected chi connectivity index (χ4v) is 6.24. The van der Waals surface area contributed by atoms with Gasteiger partial charge in [0.05, 0.1) is 6.04 Å². The van der Waals surface area contributed by atoms with E-state index in [1.54, 1.807) is 11.9 Å². The molecule has 0 saturated carbocycles. The van der Waals surface area contributed by atoms with Crippen molar-refractivity contribution in [2.45, 2.75) is 51.2 Å². The lowest BCUT2D eigenvalue weighted by molar-refractivity contribution is -0.173. The quantitative estimate of drug-likeness (QED) is 0.485. The molecular formula is C26H25F4N3O2S. The molecule has 0 spiro atoms. The number of fused-ring (bicyclic) bond motifs is 2. The van der Waals surface area contributed by atoms with Gasteiger partial charge in [-0.3, -0.25) is 19.3 Å². The van der Waals surface area contributed by atoms with Crippen molar-refractivity contribution >= 4 is 17.7 Å². The second-order valence-corrected chi connectivity index (χ2v) is 10.5. The van der Waals surface area contributed by atoms with Crippen LogP contribution in [0.4, 0.5) is 17.6 Å². The number of hydrogen-bond acceptors (Lipinski definition) is 4. The summed E-state index contributed by atoms with van der Waals surface area (Å²) in [5, 5.41) is 1.70. The molecule has 0 fully saturated rings. The average Bonchev–Trinajstić information content (AvgIpc) is 2.98. The third-order valence-corrected chi connectivity index (χ3v) is 8.39. The number of carbonyl (C=O) groups is 1. The van der Waals surface area contributed by atoms with Gasteiger partial charge in [-0.25, -0.2) is 4.39 Å². The predicted octanol–water partition coefficient (Wildman–Crippen LogP) is 5.59. The van der Waals surface area contributed by atoms with E-state index in [-0.39, 0.29) is 29.7 Å². The molecule has 3 atom stereocenters. The number of aromatic nitrogens is 1. The zero-order valence-electron chi connectivity index (χ0n) is 20.0. The number of benzene rings is 1. The summed E-state index contributed by atoms with van der Waals surface area (Å²) in [6.45, 7) is 3.83. The van der Waals surface area contributed by atoms with Gasteiger partial charge >= 0.3 is 6.18 Å². The largest absolute Gasteiger partial charge is 0.408 e. The molecule has 10 heteroatoms. The Bertz CT molecular complexity index is 1360. The lowest BCUT2D eigenvalue weighted by Gasteiger charge is -2.47. The molecular weight excluding hydrogens is 494 g/mol. The number of hydrogen-bond donors (Lipinski definition) is 0. The van der Waals surface area contributed by atoms with Gasteiger partial charge in [0.25, 0.3) is 5.91 Å². The molecule has 0 saturated heterocycles. The molecule has 1 aromatic carbocycles. The zero-order chi connectivity index (χ0) is 25.9. The van der Waals surface area contributed by atoms with E-state index >= 15 is 0 Å². The molecule has 2 aromatic rings. The average molecular weight is 520 g/mol. The van der Waals surface area contributed by atoms with Gasteiger partial charge in [0.15, 0.2) is 5.43 Å². The SMILES string of the molecule is Cc1c2n(ccc1=O)N([C@@H]1C3=C(C=C(F)C(C)C3)SCc3ccccc31)CN([C@@H](C)C(F)(F)F)C2=O. The standard InChI is InChI=1S/C26H25F4N3O2S/c1-14-10-19-22(11-20(14)27)36-12-17-6-4-5-7-18(17)24(19)33-13-31(16(3)26(28,29)30)25(35)23-15(2)21(34)8-9-32(23)33/h4-9,11,14,16,24H,10,12-13H2,1-3H3/t14?,16-,24-/m0/s1. The molecule has 0 bridgehead atoms. The van der Waals surface area contributed by atoms with Gasteiger partial charge in [-0.1, -0.05) is 31.2 Å². The number of allylic oxidation sites excluding steroid dienone is 2. The molecule has 2 aliphatic heterocycles. The van der Waals surface area contributed by atoms with Crippen molar-refractivity contribution in [1.29, 1.82) is 0 Å². The molecule has 0 radical (unpaired) electrons. The monoisotopic (exact) mass is 519 g/mol. The summed E-state index contributed by atoms with van der Waals surface area (Å²) in [5.74, 6) is -0.884. The Kier molecular flexibility index (Phi) is 6.05. The maximum atomic E-state index is 14.6. The van der Waals surface area contributed by atoms with Crippen LogP contribution in [-0.4, -0.2) is 34.4 Å². The third-order valence-electron chi connectivity index (χ3n) is 7.24. The minimum atomic E-state index is -4.65. The first-order valence-electron chi connectivity index (χ1n) is 11.7. The van der Waals surface area contributed by atoms with Crippen molar-refractivity contribution in [1.82, 2.24) is 9.58 Å². The number of rotatable bonds is 2. The van der Waals surface area contributed by atoms with Gasteiger partial charge in [0.1, 0.15) is 24.2 Å². The number of pyridine rings is 1. The van der Waals surface area contributed by atoms with E-state index in [1.807, 2.05) is 24.3 Å². The highest BCUT2D eigenvalue weighted by molar-refractivity contribution is 8.02. The first kappa shape index (κ1) is 24.7. The van der Waals surface area contributed by atoms with Crippen LogP contribution >= 0.6 is 11.8 Å². The second-order valence-electron chi connectivity index (χ2n) is 9.49. The van der Waals surface area contributed by atoms with E-state index < -0.39 is 29.6 Å². The zero-order valence-corrected chi connectivity index (χ0v) is 20.8. The van der Waals surface area contributed by atoms with Crippen molar-refractivity contribution in [3.8, 4) is 0 Å². The van der Waals surface area contributed by atoms with Gasteiger partial charge in [0.2, 0.25) is 0 Å². The molecule has 1 unspecified atom stereocenters. The smallest absolute Gasteiger partial charge is 0.306 e. The van der Waals surface area contributed by atoms with Crippen LogP contribution in [-0.2, 0) is 5.75 Å². The van der Waals surface area contributed by atoms with Gasteiger partial charge in [-0.15, -0.1) is 11.8 Å². The lowest BCUT2D eigenvalue weighted by Crippen LogP contribution is -2.60. The maximum absolute atomic E-state index is 14.6. The highest BCUT2D eigenvalue weighted by atomic mass is 32.2. The molecule has 0 N–H and O–H groups in total. The van der Waals surface area contributed by atoms with Crippen LogP contribution < -0.4 is 10.4 Å². The predicted molar refractivity (Wildman–Crippen MR) is 131 cm³/mol. The van der Waals surface area contributed by atoms with Crippen molar-refractivity contribution in [3.63, 3.8) is 0 Å². The Morgan fingerprint density at radius 3 is 2.58 bits per heavy atom. The highest BCUT2D eigenvalue weighted by Gasteiger charge is 2.47. The molecule has 3 aliphatic rings. The fourth-order valence-electron chi connectivity index (χ4n) is 5.09. The van der Waals surface area contributed by atoms with E-state index in [9.17, 15) is 27.2 Å². The molecule has 3 heterocycles. The van der Waals surface area contributed by atoms with Crippen LogP contribution in [0.2, 0.25) is 0 Å². The summed E-state index contributed by atoms with van der Waals surface area (Å²) < 4.78 is 57.7. The second kappa shape index (κ2) is 8.83. The highest BCUT2D eigenvalue weighted by Crippen LogP contribution is 2.48. The number of thioether (sulfide) groups is 1. The van der Waals surface area contributed by atoms with E-state index in [0.29, 0.717) is 12.2 Å². The van der Waals surface area contributed by atoms with Crippen LogP contribution in [0.25, 0.3) is 0 Å². The van der Waals surface area contributed by atoms with E-state index in [0.717, 1.165) is 33.4 Å². The lowest BCUT2D eigenvalue weighted by atomic mass is 9.85. The van der Waals surface area contributed by atoms with Crippen molar-refractivity contribution in [2.24, 2.45) is 5.92 Å². The normalized spacial score (nSPS) is 23.0. The van der Waals surface area contributed by atoms with Gasteiger partial charge in [-0.2, -0.15) is 13.2 Å². The van der Waals surface area contributed by atoms with Crippen LogP contribution in [0.3, 0.4) is 0 Å².